The summed E-state index contributed by atoms with van der Waals surface area (Å²) in [6.07, 6.45) is 0. The van der Waals surface area contributed by atoms with Gasteiger partial charge in [-0.3, -0.25) is 4.99 Å². The third kappa shape index (κ3) is 5.98. The van der Waals surface area contributed by atoms with E-state index in [0.717, 1.165) is 22.6 Å². The van der Waals surface area contributed by atoms with Gasteiger partial charge >= 0.3 is 0 Å². The van der Waals surface area contributed by atoms with Crippen LogP contribution in [0.3, 0.4) is 0 Å². The van der Waals surface area contributed by atoms with Crippen LogP contribution in [-0.4, -0.2) is 34.3 Å². The number of guanidine groups is 1. The first-order valence-corrected chi connectivity index (χ1v) is 7.94. The van der Waals surface area contributed by atoms with E-state index in [1.165, 1.54) is 0 Å². The van der Waals surface area contributed by atoms with Crippen LogP contribution in [0.1, 0.15) is 11.1 Å². The van der Waals surface area contributed by atoms with E-state index in [-0.39, 0.29) is 24.0 Å². The number of hydrogen-bond acceptors (Lipinski definition) is 4. The van der Waals surface area contributed by atoms with Crippen LogP contribution < -0.4 is 24.8 Å². The molecule has 2 aromatic carbocycles. The van der Waals surface area contributed by atoms with E-state index in [1.807, 2.05) is 37.3 Å². The van der Waals surface area contributed by atoms with Gasteiger partial charge in [0.1, 0.15) is 5.75 Å². The Kier molecular flexibility index (Phi) is 9.04. The maximum atomic E-state index is 5.32. The molecule has 142 valence electrons. The standard InChI is InChI=1S/C19H25N3O3.HI/c1-13-8-14(10-16(9-13)23-3)12-21-19(20-2)22-15-6-7-17(24-4)18(11-15)25-5;/h6-11H,12H2,1-5H3,(H2,20,21,22);1H. The molecule has 0 fully saturated rings. The topological polar surface area (TPSA) is 64.1 Å². The predicted octanol–water partition coefficient (Wildman–Crippen LogP) is 3.83. The van der Waals surface area contributed by atoms with Crippen LogP contribution in [0.15, 0.2) is 41.4 Å². The molecule has 0 radical (unpaired) electrons. The van der Waals surface area contributed by atoms with E-state index < -0.39 is 0 Å². The van der Waals surface area contributed by atoms with E-state index in [9.17, 15) is 0 Å². The number of rotatable bonds is 6. The first-order valence-electron chi connectivity index (χ1n) is 7.94. The molecule has 0 aliphatic carbocycles. The minimum atomic E-state index is 0. The van der Waals surface area contributed by atoms with Gasteiger partial charge in [-0.2, -0.15) is 0 Å². The third-order valence-corrected chi connectivity index (χ3v) is 3.68. The van der Waals surface area contributed by atoms with Crippen LogP contribution in [0.2, 0.25) is 0 Å². The number of aryl methyl sites for hydroxylation is 1. The number of halogens is 1. The van der Waals surface area contributed by atoms with Gasteiger partial charge in [0.2, 0.25) is 0 Å². The maximum Gasteiger partial charge on any atom is 0.195 e. The first kappa shape index (κ1) is 21.9. The zero-order chi connectivity index (χ0) is 18.2. The van der Waals surface area contributed by atoms with Gasteiger partial charge in [0.05, 0.1) is 21.3 Å². The number of methoxy groups -OCH3 is 3. The highest BCUT2D eigenvalue weighted by Crippen LogP contribution is 2.29. The molecule has 0 bridgehead atoms. The summed E-state index contributed by atoms with van der Waals surface area (Å²) < 4.78 is 15.9. The van der Waals surface area contributed by atoms with Gasteiger partial charge in [-0.1, -0.05) is 6.07 Å². The molecule has 0 aliphatic heterocycles. The van der Waals surface area contributed by atoms with E-state index in [2.05, 4.69) is 21.7 Å². The third-order valence-electron chi connectivity index (χ3n) is 3.68. The second kappa shape index (κ2) is 10.7. The van der Waals surface area contributed by atoms with Crippen molar-refractivity contribution >= 4 is 35.6 Å². The number of hydrogen-bond donors (Lipinski definition) is 2. The van der Waals surface area contributed by atoms with Crippen LogP contribution >= 0.6 is 24.0 Å². The van der Waals surface area contributed by atoms with Crippen LogP contribution in [0.5, 0.6) is 17.2 Å². The molecule has 0 unspecified atom stereocenters. The Morgan fingerprint density at radius 2 is 1.69 bits per heavy atom. The molecule has 0 amide bonds. The molecule has 0 saturated carbocycles. The summed E-state index contributed by atoms with van der Waals surface area (Å²) in [4.78, 5) is 4.25. The molecule has 26 heavy (non-hydrogen) atoms. The molecule has 0 atom stereocenters. The predicted molar refractivity (Wildman–Crippen MR) is 117 cm³/mol. The normalized spacial score (nSPS) is 10.6. The van der Waals surface area contributed by atoms with Crippen molar-refractivity contribution in [1.29, 1.82) is 0 Å². The van der Waals surface area contributed by atoms with Gasteiger partial charge in [0.15, 0.2) is 17.5 Å². The highest BCUT2D eigenvalue weighted by molar-refractivity contribution is 14.0. The number of nitrogens with one attached hydrogen (secondary N) is 2. The zero-order valence-corrected chi connectivity index (χ0v) is 18.1. The Balaban J connectivity index is 0.00000338. The fourth-order valence-electron chi connectivity index (χ4n) is 2.46. The van der Waals surface area contributed by atoms with Gasteiger partial charge < -0.3 is 24.8 Å². The quantitative estimate of drug-likeness (QED) is 0.381. The highest BCUT2D eigenvalue weighted by atomic mass is 127. The molecule has 2 N–H and O–H groups in total. The highest BCUT2D eigenvalue weighted by Gasteiger charge is 2.07. The fourth-order valence-corrected chi connectivity index (χ4v) is 2.46. The molecule has 0 saturated heterocycles. The lowest BCUT2D eigenvalue weighted by molar-refractivity contribution is 0.355. The molecule has 0 aliphatic rings. The van der Waals surface area contributed by atoms with Crippen molar-refractivity contribution in [3.63, 3.8) is 0 Å². The summed E-state index contributed by atoms with van der Waals surface area (Å²) >= 11 is 0. The monoisotopic (exact) mass is 471 g/mol. The van der Waals surface area contributed by atoms with E-state index in [4.69, 9.17) is 14.2 Å². The molecule has 7 heteroatoms. The van der Waals surface area contributed by atoms with Gasteiger partial charge in [0, 0.05) is 25.3 Å². The Hall–Kier alpha value is -2.16. The zero-order valence-electron chi connectivity index (χ0n) is 15.8. The van der Waals surface area contributed by atoms with E-state index >= 15 is 0 Å². The van der Waals surface area contributed by atoms with Crippen molar-refractivity contribution in [3.8, 4) is 17.2 Å². The number of ether oxygens (including phenoxy) is 3. The first-order chi connectivity index (χ1) is 12.1. The largest absolute Gasteiger partial charge is 0.497 e. The molecule has 6 nitrogen and oxygen atoms in total. The molecular weight excluding hydrogens is 445 g/mol. The van der Waals surface area contributed by atoms with Crippen LogP contribution in [-0.2, 0) is 6.54 Å². The minimum Gasteiger partial charge on any atom is -0.497 e. The lowest BCUT2D eigenvalue weighted by Crippen LogP contribution is -2.30. The number of nitrogens with zero attached hydrogens (tertiary/aromatic N) is 1. The van der Waals surface area contributed by atoms with Crippen molar-refractivity contribution in [2.45, 2.75) is 13.5 Å². The second-order valence-electron chi connectivity index (χ2n) is 5.48. The van der Waals surface area contributed by atoms with Crippen molar-refractivity contribution in [3.05, 3.63) is 47.5 Å². The fraction of sp³-hybridized carbons (Fsp3) is 0.316. The Morgan fingerprint density at radius 3 is 2.31 bits per heavy atom. The van der Waals surface area contributed by atoms with Crippen LogP contribution in [0.25, 0.3) is 0 Å². The average Bonchev–Trinajstić information content (AvgIpc) is 2.64. The van der Waals surface area contributed by atoms with E-state index in [1.54, 1.807) is 28.4 Å². The van der Waals surface area contributed by atoms with Gasteiger partial charge in [-0.25, -0.2) is 0 Å². The lowest BCUT2D eigenvalue weighted by atomic mass is 10.1. The Bertz CT molecular complexity index is 751. The molecule has 0 heterocycles. The molecular formula is C19H26IN3O3. The van der Waals surface area contributed by atoms with Crippen molar-refractivity contribution in [2.75, 3.05) is 33.7 Å². The Morgan fingerprint density at radius 1 is 0.962 bits per heavy atom. The average molecular weight is 471 g/mol. The molecule has 0 spiro atoms. The van der Waals surface area contributed by atoms with E-state index in [0.29, 0.717) is 24.0 Å². The van der Waals surface area contributed by atoms with Crippen LogP contribution in [0.4, 0.5) is 5.69 Å². The summed E-state index contributed by atoms with van der Waals surface area (Å²) in [6.45, 7) is 2.67. The lowest BCUT2D eigenvalue weighted by Gasteiger charge is -2.14. The number of aliphatic imine (C=N–C) groups is 1. The van der Waals surface area contributed by atoms with Crippen LogP contribution in [0, 0.1) is 6.92 Å². The molecule has 2 aromatic rings. The Labute approximate surface area is 172 Å². The molecule has 0 aromatic heterocycles. The van der Waals surface area contributed by atoms with Gasteiger partial charge in [-0.05, 0) is 42.3 Å². The maximum absolute atomic E-state index is 5.32. The second-order valence-corrected chi connectivity index (χ2v) is 5.48. The summed E-state index contributed by atoms with van der Waals surface area (Å²) in [5, 5.41) is 6.53. The van der Waals surface area contributed by atoms with Gasteiger partial charge in [0.25, 0.3) is 0 Å². The molecule has 2 rings (SSSR count). The van der Waals surface area contributed by atoms with Gasteiger partial charge in [-0.15, -0.1) is 24.0 Å². The summed E-state index contributed by atoms with van der Waals surface area (Å²) in [7, 11) is 6.62. The number of benzene rings is 2. The smallest absolute Gasteiger partial charge is 0.195 e. The van der Waals surface area contributed by atoms with Crippen molar-refractivity contribution in [2.24, 2.45) is 4.99 Å². The van der Waals surface area contributed by atoms with Crippen molar-refractivity contribution < 1.29 is 14.2 Å². The number of anilines is 1. The SMILES string of the molecule is CN=C(NCc1cc(C)cc(OC)c1)Nc1ccc(OC)c(OC)c1.I. The summed E-state index contributed by atoms with van der Waals surface area (Å²) in [5.41, 5.74) is 3.12. The summed E-state index contributed by atoms with van der Waals surface area (Å²) in [5.74, 6) is 2.85. The minimum absolute atomic E-state index is 0. The summed E-state index contributed by atoms with van der Waals surface area (Å²) in [6, 6.07) is 11.7. The van der Waals surface area contributed by atoms with Crippen molar-refractivity contribution in [1.82, 2.24) is 5.32 Å².